The number of benzene rings is 3. The second-order valence-corrected chi connectivity index (χ2v) is 7.52. The van der Waals surface area contributed by atoms with E-state index < -0.39 is 13.9 Å². The van der Waals surface area contributed by atoms with E-state index in [1.54, 1.807) is 6.07 Å². The SMILES string of the molecule is Cc1ccc(P(c2ccccc2)c2ccccc2)c(C(=O)O)c1.[NaH]. The molecule has 24 heavy (non-hydrogen) atoms. The van der Waals surface area contributed by atoms with Crippen LogP contribution < -0.4 is 15.9 Å². The standard InChI is InChI=1S/C20H17O2P.Na.H/c1-15-12-13-19(18(14-15)20(21)22)23(16-8-4-2-5-9-16)17-10-6-3-7-11-17;;/h2-14H,1H3,(H,21,22);;. The minimum atomic E-state index is -0.892. The fourth-order valence-electron chi connectivity index (χ4n) is 2.60. The molecule has 1 N–H and O–H groups in total. The van der Waals surface area contributed by atoms with Gasteiger partial charge in [-0.15, -0.1) is 0 Å². The van der Waals surface area contributed by atoms with Crippen molar-refractivity contribution < 1.29 is 9.90 Å². The van der Waals surface area contributed by atoms with E-state index in [9.17, 15) is 9.90 Å². The van der Waals surface area contributed by atoms with Gasteiger partial charge in [0.1, 0.15) is 0 Å². The summed E-state index contributed by atoms with van der Waals surface area (Å²) in [5.74, 6) is -0.872. The van der Waals surface area contributed by atoms with Crippen molar-refractivity contribution in [3.8, 4) is 0 Å². The van der Waals surface area contributed by atoms with E-state index in [-0.39, 0.29) is 29.6 Å². The summed E-state index contributed by atoms with van der Waals surface area (Å²) in [6, 6.07) is 26.0. The normalized spacial score (nSPS) is 10.2. The van der Waals surface area contributed by atoms with E-state index in [0.29, 0.717) is 5.56 Å². The van der Waals surface area contributed by atoms with E-state index in [2.05, 4.69) is 24.3 Å². The van der Waals surface area contributed by atoms with E-state index in [1.165, 1.54) is 0 Å². The molecule has 2 nitrogen and oxygen atoms in total. The molecule has 0 aliphatic rings. The molecule has 0 radical (unpaired) electrons. The van der Waals surface area contributed by atoms with Crippen LogP contribution in [0, 0.1) is 6.92 Å². The first-order valence-corrected chi connectivity index (χ1v) is 8.75. The zero-order valence-corrected chi connectivity index (χ0v) is 13.7. The third kappa shape index (κ3) is 4.15. The molecule has 0 spiro atoms. The van der Waals surface area contributed by atoms with Crippen molar-refractivity contribution >= 4 is 59.4 Å². The Balaban J connectivity index is 0.00000208. The van der Waals surface area contributed by atoms with Gasteiger partial charge in [0, 0.05) is 0 Å². The van der Waals surface area contributed by atoms with Crippen LogP contribution in [0.25, 0.3) is 0 Å². The van der Waals surface area contributed by atoms with Gasteiger partial charge in [-0.25, -0.2) is 4.79 Å². The summed E-state index contributed by atoms with van der Waals surface area (Å²) in [7, 11) is -0.892. The monoisotopic (exact) mass is 344 g/mol. The van der Waals surface area contributed by atoms with Crippen LogP contribution in [0.15, 0.2) is 78.9 Å². The van der Waals surface area contributed by atoms with Crippen LogP contribution in [0.5, 0.6) is 0 Å². The van der Waals surface area contributed by atoms with Gasteiger partial charge in [0.15, 0.2) is 0 Å². The molecule has 0 saturated carbocycles. The molecule has 0 aliphatic heterocycles. The van der Waals surface area contributed by atoms with Gasteiger partial charge in [0.05, 0.1) is 5.56 Å². The number of aromatic carboxylic acids is 1. The van der Waals surface area contributed by atoms with Crippen LogP contribution in [-0.4, -0.2) is 40.6 Å². The number of carbonyl (C=O) groups is 1. The third-order valence-electron chi connectivity index (χ3n) is 3.65. The molecule has 0 atom stereocenters. The summed E-state index contributed by atoms with van der Waals surface area (Å²) in [6.45, 7) is 1.92. The van der Waals surface area contributed by atoms with Crippen molar-refractivity contribution in [1.29, 1.82) is 0 Å². The molecule has 0 amide bonds. The third-order valence-corrected chi connectivity index (χ3v) is 6.15. The Morgan fingerprint density at radius 2 is 1.33 bits per heavy atom. The molecule has 0 bridgehead atoms. The first-order chi connectivity index (χ1) is 11.2. The summed E-state index contributed by atoms with van der Waals surface area (Å²) >= 11 is 0. The zero-order valence-electron chi connectivity index (χ0n) is 12.8. The zero-order chi connectivity index (χ0) is 16.2. The van der Waals surface area contributed by atoms with Crippen molar-refractivity contribution in [3.63, 3.8) is 0 Å². The van der Waals surface area contributed by atoms with Crippen molar-refractivity contribution in [2.75, 3.05) is 0 Å². The average Bonchev–Trinajstić information content (AvgIpc) is 2.58. The molecule has 0 fully saturated rings. The van der Waals surface area contributed by atoms with Gasteiger partial charge in [-0.1, -0.05) is 78.4 Å². The Morgan fingerprint density at radius 3 is 1.79 bits per heavy atom. The number of carboxylic acids is 1. The van der Waals surface area contributed by atoms with Crippen LogP contribution in [-0.2, 0) is 0 Å². The summed E-state index contributed by atoms with van der Waals surface area (Å²) in [4.78, 5) is 11.8. The van der Waals surface area contributed by atoms with Crippen LogP contribution in [0.1, 0.15) is 15.9 Å². The molecule has 3 aromatic carbocycles. The quantitative estimate of drug-likeness (QED) is 0.584. The van der Waals surface area contributed by atoms with E-state index >= 15 is 0 Å². The molecule has 4 heteroatoms. The molecule has 3 aromatic rings. The van der Waals surface area contributed by atoms with Crippen LogP contribution in [0.3, 0.4) is 0 Å². The number of hydrogen-bond donors (Lipinski definition) is 1. The van der Waals surface area contributed by atoms with Crippen molar-refractivity contribution in [2.45, 2.75) is 6.92 Å². The number of carboxylic acid groups (broad SMARTS) is 1. The molecule has 0 saturated heterocycles. The van der Waals surface area contributed by atoms with E-state index in [4.69, 9.17) is 0 Å². The maximum absolute atomic E-state index is 11.8. The Hall–Kier alpha value is -1.44. The topological polar surface area (TPSA) is 37.3 Å². The van der Waals surface area contributed by atoms with Crippen molar-refractivity contribution in [3.05, 3.63) is 90.0 Å². The van der Waals surface area contributed by atoms with E-state index in [0.717, 1.165) is 21.5 Å². The van der Waals surface area contributed by atoms with Crippen molar-refractivity contribution in [2.24, 2.45) is 0 Å². The number of aryl methyl sites for hydroxylation is 1. The van der Waals surface area contributed by atoms with Gasteiger partial charge in [-0.2, -0.15) is 0 Å². The Morgan fingerprint density at radius 1 is 0.833 bits per heavy atom. The second-order valence-electron chi connectivity index (χ2n) is 5.33. The Labute approximate surface area is 165 Å². The fourth-order valence-corrected chi connectivity index (χ4v) is 5.02. The minimum absolute atomic E-state index is 0. The fraction of sp³-hybridized carbons (Fsp3) is 0.0500. The Bertz CT molecular complexity index is 780. The van der Waals surface area contributed by atoms with Crippen LogP contribution in [0.4, 0.5) is 0 Å². The molecule has 0 aromatic heterocycles. The first-order valence-electron chi connectivity index (χ1n) is 7.41. The summed E-state index contributed by atoms with van der Waals surface area (Å²) in [5, 5.41) is 12.8. The first kappa shape index (κ1) is 18.9. The van der Waals surface area contributed by atoms with Gasteiger partial charge in [-0.3, -0.25) is 0 Å². The molecule has 3 rings (SSSR count). The van der Waals surface area contributed by atoms with Crippen LogP contribution in [0.2, 0.25) is 0 Å². The van der Waals surface area contributed by atoms with Gasteiger partial charge in [0.25, 0.3) is 0 Å². The molecule has 0 unspecified atom stereocenters. The predicted octanol–water partition coefficient (Wildman–Crippen LogP) is 2.80. The van der Waals surface area contributed by atoms with Gasteiger partial charge < -0.3 is 5.11 Å². The Kier molecular flexibility index (Phi) is 6.77. The summed E-state index contributed by atoms with van der Waals surface area (Å²) in [6.07, 6.45) is 0. The van der Waals surface area contributed by atoms with Gasteiger partial charge in [0.2, 0.25) is 0 Å². The molecular formula is C20H18NaO2P. The predicted molar refractivity (Wildman–Crippen MR) is 104 cm³/mol. The van der Waals surface area contributed by atoms with Gasteiger partial charge in [-0.05, 0) is 36.8 Å². The molecule has 0 aliphatic carbocycles. The summed E-state index contributed by atoms with van der Waals surface area (Å²) < 4.78 is 0. The molecule has 0 heterocycles. The van der Waals surface area contributed by atoms with Gasteiger partial charge >= 0.3 is 35.5 Å². The molecule has 116 valence electrons. The average molecular weight is 344 g/mol. The summed E-state index contributed by atoms with van der Waals surface area (Å²) in [5.41, 5.74) is 1.35. The van der Waals surface area contributed by atoms with E-state index in [1.807, 2.05) is 55.5 Å². The molecular weight excluding hydrogens is 326 g/mol. The number of hydrogen-bond acceptors (Lipinski definition) is 1. The van der Waals surface area contributed by atoms with Crippen LogP contribution >= 0.6 is 7.92 Å². The maximum atomic E-state index is 11.8. The van der Waals surface area contributed by atoms with Crippen molar-refractivity contribution in [1.82, 2.24) is 0 Å². The second kappa shape index (κ2) is 8.60. The number of rotatable bonds is 4.